The van der Waals surface area contributed by atoms with Crippen LogP contribution in [0.5, 0.6) is 0 Å². The monoisotopic (exact) mass is 368 g/mol. The highest BCUT2D eigenvalue weighted by molar-refractivity contribution is 5.92. The standard InChI is InChI=1S/C19H24N6O2/c1-13-22-15(9-17(23-13)24-6-2-3-7-24)14-5-4-8-25(12-14)19(27)16-10-21-18(26)11-20-16/h9-11,14H,2-8,12H2,1H3,(H,21,26)/t14-/m1/s1. The average molecular weight is 368 g/mol. The highest BCUT2D eigenvalue weighted by atomic mass is 16.2. The normalized spacial score (nSPS) is 20.1. The lowest BCUT2D eigenvalue weighted by Gasteiger charge is -2.32. The number of hydrogen-bond donors (Lipinski definition) is 1. The number of amides is 1. The molecule has 1 amide bonds. The summed E-state index contributed by atoms with van der Waals surface area (Å²) in [5.41, 5.74) is 0.970. The first-order valence-corrected chi connectivity index (χ1v) is 9.55. The molecule has 142 valence electrons. The Morgan fingerprint density at radius 1 is 1.19 bits per heavy atom. The fourth-order valence-corrected chi connectivity index (χ4v) is 3.92. The third-order valence-corrected chi connectivity index (χ3v) is 5.29. The first-order chi connectivity index (χ1) is 13.1. The number of nitrogens with zero attached hydrogens (tertiary/aromatic N) is 5. The predicted octanol–water partition coefficient (Wildman–Crippen LogP) is 1.49. The Hall–Kier alpha value is -2.77. The topological polar surface area (TPSA) is 95.1 Å². The minimum absolute atomic E-state index is 0.151. The summed E-state index contributed by atoms with van der Waals surface area (Å²) in [6.45, 7) is 5.32. The molecule has 0 bridgehead atoms. The van der Waals surface area contributed by atoms with Gasteiger partial charge in [-0.2, -0.15) is 0 Å². The Morgan fingerprint density at radius 2 is 2.00 bits per heavy atom. The van der Waals surface area contributed by atoms with E-state index in [1.54, 1.807) is 0 Å². The fraction of sp³-hybridized carbons (Fsp3) is 0.526. The Kier molecular flexibility index (Phi) is 4.87. The Bertz CT molecular complexity index is 870. The van der Waals surface area contributed by atoms with Gasteiger partial charge in [0.2, 0.25) is 0 Å². The molecule has 0 unspecified atom stereocenters. The minimum atomic E-state index is -0.311. The smallest absolute Gasteiger partial charge is 0.273 e. The summed E-state index contributed by atoms with van der Waals surface area (Å²) < 4.78 is 0. The van der Waals surface area contributed by atoms with Crippen LogP contribution in [0.2, 0.25) is 0 Å². The molecule has 0 aliphatic carbocycles. The van der Waals surface area contributed by atoms with Gasteiger partial charge in [0.25, 0.3) is 11.5 Å². The van der Waals surface area contributed by atoms with Gasteiger partial charge in [-0.25, -0.2) is 15.0 Å². The molecule has 2 saturated heterocycles. The molecule has 1 N–H and O–H groups in total. The van der Waals surface area contributed by atoms with E-state index in [-0.39, 0.29) is 23.1 Å². The summed E-state index contributed by atoms with van der Waals surface area (Å²) in [6, 6.07) is 2.09. The van der Waals surface area contributed by atoms with Gasteiger partial charge in [-0.1, -0.05) is 0 Å². The van der Waals surface area contributed by atoms with Crippen LogP contribution in [-0.2, 0) is 0 Å². The van der Waals surface area contributed by atoms with Crippen molar-refractivity contribution in [2.24, 2.45) is 0 Å². The summed E-state index contributed by atoms with van der Waals surface area (Å²) in [7, 11) is 0. The second kappa shape index (κ2) is 7.46. The number of aromatic amines is 1. The van der Waals surface area contributed by atoms with Crippen LogP contribution < -0.4 is 10.5 Å². The zero-order chi connectivity index (χ0) is 18.8. The first kappa shape index (κ1) is 17.6. The third-order valence-electron chi connectivity index (χ3n) is 5.29. The maximum atomic E-state index is 12.7. The lowest BCUT2D eigenvalue weighted by atomic mass is 9.94. The van der Waals surface area contributed by atoms with Gasteiger partial charge in [0.05, 0.1) is 11.9 Å². The molecule has 0 aromatic carbocycles. The van der Waals surface area contributed by atoms with Crippen molar-refractivity contribution in [3.63, 3.8) is 0 Å². The third kappa shape index (κ3) is 3.84. The SMILES string of the molecule is Cc1nc([C@@H]2CCCN(C(=O)c3c[nH]c(=O)cn3)C2)cc(N2CCCC2)n1. The molecule has 2 aliphatic rings. The fourth-order valence-electron chi connectivity index (χ4n) is 3.92. The molecule has 4 heterocycles. The number of nitrogens with one attached hydrogen (secondary N) is 1. The van der Waals surface area contributed by atoms with Crippen molar-refractivity contribution in [2.45, 2.75) is 38.5 Å². The maximum Gasteiger partial charge on any atom is 0.273 e. The van der Waals surface area contributed by atoms with Gasteiger partial charge in [-0.15, -0.1) is 0 Å². The summed E-state index contributed by atoms with van der Waals surface area (Å²) in [5, 5.41) is 0. The van der Waals surface area contributed by atoms with Crippen molar-refractivity contribution < 1.29 is 4.79 Å². The second-order valence-corrected chi connectivity index (χ2v) is 7.28. The number of carbonyl (C=O) groups is 1. The highest BCUT2D eigenvalue weighted by Crippen LogP contribution is 2.29. The number of aromatic nitrogens is 4. The van der Waals surface area contributed by atoms with E-state index in [1.165, 1.54) is 19.0 Å². The minimum Gasteiger partial charge on any atom is -0.357 e. The largest absolute Gasteiger partial charge is 0.357 e. The first-order valence-electron chi connectivity index (χ1n) is 9.55. The number of likely N-dealkylation sites (tertiary alicyclic amines) is 1. The Morgan fingerprint density at radius 3 is 2.74 bits per heavy atom. The molecule has 27 heavy (non-hydrogen) atoms. The number of H-pyrrole nitrogens is 1. The van der Waals surface area contributed by atoms with Gasteiger partial charge in [0, 0.05) is 44.4 Å². The van der Waals surface area contributed by atoms with Gasteiger partial charge >= 0.3 is 0 Å². The molecule has 4 rings (SSSR count). The predicted molar refractivity (Wildman–Crippen MR) is 101 cm³/mol. The second-order valence-electron chi connectivity index (χ2n) is 7.28. The Balaban J connectivity index is 1.53. The van der Waals surface area contributed by atoms with E-state index in [9.17, 15) is 9.59 Å². The van der Waals surface area contributed by atoms with Crippen molar-refractivity contribution in [1.29, 1.82) is 0 Å². The zero-order valence-corrected chi connectivity index (χ0v) is 15.5. The zero-order valence-electron chi connectivity index (χ0n) is 15.5. The highest BCUT2D eigenvalue weighted by Gasteiger charge is 2.28. The van der Waals surface area contributed by atoms with E-state index in [0.29, 0.717) is 13.1 Å². The van der Waals surface area contributed by atoms with Crippen LogP contribution in [0.1, 0.15) is 53.6 Å². The summed E-state index contributed by atoms with van der Waals surface area (Å²) in [6.07, 6.45) is 6.85. The summed E-state index contributed by atoms with van der Waals surface area (Å²) >= 11 is 0. The van der Waals surface area contributed by atoms with Gasteiger partial charge < -0.3 is 14.8 Å². The molecular weight excluding hydrogens is 344 g/mol. The molecule has 0 spiro atoms. The van der Waals surface area contributed by atoms with E-state index in [1.807, 2.05) is 11.8 Å². The Labute approximate surface area is 157 Å². The van der Waals surface area contributed by atoms with E-state index < -0.39 is 0 Å². The van der Waals surface area contributed by atoms with Crippen molar-refractivity contribution in [1.82, 2.24) is 24.8 Å². The van der Waals surface area contributed by atoms with E-state index >= 15 is 0 Å². The number of hydrogen-bond acceptors (Lipinski definition) is 6. The summed E-state index contributed by atoms with van der Waals surface area (Å²) in [4.78, 5) is 43.8. The van der Waals surface area contributed by atoms with Crippen molar-refractivity contribution in [2.75, 3.05) is 31.1 Å². The van der Waals surface area contributed by atoms with Gasteiger partial charge in [-0.3, -0.25) is 9.59 Å². The number of anilines is 1. The molecule has 2 aromatic heterocycles. The number of piperidine rings is 1. The number of aryl methyl sites for hydroxylation is 1. The lowest BCUT2D eigenvalue weighted by Crippen LogP contribution is -2.40. The molecule has 2 aliphatic heterocycles. The molecule has 1 atom stereocenters. The van der Waals surface area contributed by atoms with Crippen LogP contribution in [0.25, 0.3) is 0 Å². The quantitative estimate of drug-likeness (QED) is 0.882. The van der Waals surface area contributed by atoms with Gasteiger partial charge in [0.15, 0.2) is 0 Å². The molecule has 2 aromatic rings. The van der Waals surface area contributed by atoms with Crippen LogP contribution in [0.15, 0.2) is 23.3 Å². The van der Waals surface area contributed by atoms with E-state index in [4.69, 9.17) is 0 Å². The molecular formula is C19H24N6O2. The van der Waals surface area contributed by atoms with Crippen molar-refractivity contribution in [3.05, 3.63) is 46.0 Å². The van der Waals surface area contributed by atoms with Gasteiger partial charge in [-0.05, 0) is 32.6 Å². The molecule has 2 fully saturated rings. The van der Waals surface area contributed by atoms with Crippen LogP contribution in [0.3, 0.4) is 0 Å². The van der Waals surface area contributed by atoms with Crippen molar-refractivity contribution >= 4 is 11.7 Å². The van der Waals surface area contributed by atoms with E-state index in [2.05, 4.69) is 30.9 Å². The van der Waals surface area contributed by atoms with Crippen molar-refractivity contribution in [3.8, 4) is 0 Å². The van der Waals surface area contributed by atoms with Crippen LogP contribution >= 0.6 is 0 Å². The van der Waals surface area contributed by atoms with Gasteiger partial charge in [0.1, 0.15) is 17.3 Å². The average Bonchev–Trinajstić information content (AvgIpc) is 3.23. The number of rotatable bonds is 3. The van der Waals surface area contributed by atoms with Crippen LogP contribution in [-0.4, -0.2) is 56.9 Å². The van der Waals surface area contributed by atoms with E-state index in [0.717, 1.165) is 49.5 Å². The maximum absolute atomic E-state index is 12.7. The van der Waals surface area contributed by atoms with Crippen LogP contribution in [0, 0.1) is 6.92 Å². The lowest BCUT2D eigenvalue weighted by molar-refractivity contribution is 0.0699. The molecule has 8 nitrogen and oxygen atoms in total. The van der Waals surface area contributed by atoms with Crippen LogP contribution in [0.4, 0.5) is 5.82 Å². The molecule has 8 heteroatoms. The molecule has 0 radical (unpaired) electrons. The number of carbonyl (C=O) groups excluding carboxylic acids is 1. The summed E-state index contributed by atoms with van der Waals surface area (Å²) in [5.74, 6) is 1.82. The molecule has 0 saturated carbocycles.